The predicted octanol–water partition coefficient (Wildman–Crippen LogP) is 7.43. The molecule has 1 aliphatic rings. The third-order valence-corrected chi connectivity index (χ3v) is 6.12. The van der Waals surface area contributed by atoms with Gasteiger partial charge in [-0.15, -0.1) is 0 Å². The molecule has 1 unspecified atom stereocenters. The molecule has 3 nitrogen and oxygen atoms in total. The predicted molar refractivity (Wildman–Crippen MR) is 141 cm³/mol. The Morgan fingerprint density at radius 2 is 1.58 bits per heavy atom. The highest BCUT2D eigenvalue weighted by Crippen LogP contribution is 2.34. The summed E-state index contributed by atoms with van der Waals surface area (Å²) in [5, 5.41) is 1.43. The van der Waals surface area contributed by atoms with Crippen LogP contribution in [0.5, 0.6) is 0 Å². The van der Waals surface area contributed by atoms with Crippen molar-refractivity contribution >= 4 is 40.9 Å². The Balaban J connectivity index is 0.00000149. The molecule has 1 saturated heterocycles. The Morgan fingerprint density at radius 3 is 2.24 bits per heavy atom. The Bertz CT molecular complexity index is 1080. The van der Waals surface area contributed by atoms with Crippen molar-refractivity contribution in [1.29, 1.82) is 0 Å². The first-order valence-corrected chi connectivity index (χ1v) is 12.1. The molecule has 0 spiro atoms. The van der Waals surface area contributed by atoms with Crippen LogP contribution in [0.2, 0.25) is 10.0 Å². The van der Waals surface area contributed by atoms with E-state index in [0.29, 0.717) is 18.1 Å². The SMILES string of the molecule is CC.Cc1cc(Cl)ccc1N1CCN(C(=O)/C=C/c2ccccc2)CC1c1ccc(Cl)cc1. The van der Waals surface area contributed by atoms with Gasteiger partial charge in [-0.05, 0) is 60.0 Å². The van der Waals surface area contributed by atoms with E-state index in [1.807, 2.05) is 91.6 Å². The van der Waals surface area contributed by atoms with Gasteiger partial charge in [0.2, 0.25) is 5.91 Å². The second kappa shape index (κ2) is 11.9. The maximum atomic E-state index is 12.9. The molecule has 172 valence electrons. The number of hydrogen-bond acceptors (Lipinski definition) is 2. The molecule has 1 fully saturated rings. The number of nitrogens with zero attached hydrogens (tertiary/aromatic N) is 2. The van der Waals surface area contributed by atoms with E-state index in [9.17, 15) is 4.79 Å². The Morgan fingerprint density at radius 1 is 0.909 bits per heavy atom. The molecular formula is C28H30Cl2N2O. The number of anilines is 1. The van der Waals surface area contributed by atoms with E-state index in [2.05, 4.69) is 17.9 Å². The first-order chi connectivity index (χ1) is 16.0. The van der Waals surface area contributed by atoms with Crippen LogP contribution in [0.4, 0.5) is 5.69 Å². The maximum absolute atomic E-state index is 12.9. The lowest BCUT2D eigenvalue weighted by atomic mass is 10.00. The van der Waals surface area contributed by atoms with Gasteiger partial charge in [0.15, 0.2) is 0 Å². The second-order valence-corrected chi connectivity index (χ2v) is 8.59. The molecule has 0 bridgehead atoms. The minimum atomic E-state index is 0.0234. The number of benzene rings is 3. The molecule has 0 aromatic heterocycles. The van der Waals surface area contributed by atoms with Crippen LogP contribution in [0.3, 0.4) is 0 Å². The summed E-state index contributed by atoms with van der Waals surface area (Å²) in [6.07, 6.45) is 3.53. The van der Waals surface area contributed by atoms with E-state index < -0.39 is 0 Å². The zero-order valence-electron chi connectivity index (χ0n) is 19.3. The summed E-state index contributed by atoms with van der Waals surface area (Å²) >= 11 is 12.3. The first kappa shape index (κ1) is 24.9. The molecule has 1 heterocycles. The van der Waals surface area contributed by atoms with Crippen LogP contribution in [0.15, 0.2) is 78.9 Å². The van der Waals surface area contributed by atoms with Gasteiger partial charge in [0, 0.05) is 41.4 Å². The van der Waals surface area contributed by atoms with E-state index in [4.69, 9.17) is 23.2 Å². The fourth-order valence-electron chi connectivity index (χ4n) is 4.02. The van der Waals surface area contributed by atoms with Crippen molar-refractivity contribution in [1.82, 2.24) is 4.90 Å². The normalized spacial score (nSPS) is 15.8. The van der Waals surface area contributed by atoms with Gasteiger partial charge in [0.1, 0.15) is 0 Å². The smallest absolute Gasteiger partial charge is 0.246 e. The fourth-order valence-corrected chi connectivity index (χ4v) is 4.37. The molecule has 1 aliphatic heterocycles. The van der Waals surface area contributed by atoms with Gasteiger partial charge in [-0.1, -0.05) is 79.5 Å². The average Bonchev–Trinajstić information content (AvgIpc) is 2.85. The molecule has 3 aromatic carbocycles. The summed E-state index contributed by atoms with van der Waals surface area (Å²) in [4.78, 5) is 17.2. The van der Waals surface area contributed by atoms with E-state index in [1.54, 1.807) is 6.08 Å². The van der Waals surface area contributed by atoms with Gasteiger partial charge >= 0.3 is 0 Å². The third-order valence-electron chi connectivity index (χ3n) is 5.63. The number of hydrogen-bond donors (Lipinski definition) is 0. The highest BCUT2D eigenvalue weighted by Gasteiger charge is 2.31. The number of halogens is 2. The Kier molecular flexibility index (Phi) is 8.99. The monoisotopic (exact) mass is 480 g/mol. The number of carbonyl (C=O) groups excluding carboxylic acids is 1. The van der Waals surface area contributed by atoms with Crippen molar-refractivity contribution in [2.24, 2.45) is 0 Å². The van der Waals surface area contributed by atoms with E-state index >= 15 is 0 Å². The highest BCUT2D eigenvalue weighted by atomic mass is 35.5. The highest BCUT2D eigenvalue weighted by molar-refractivity contribution is 6.31. The van der Waals surface area contributed by atoms with Crippen LogP contribution in [0.1, 0.15) is 36.6 Å². The van der Waals surface area contributed by atoms with E-state index in [1.165, 1.54) is 0 Å². The third kappa shape index (κ3) is 6.40. The second-order valence-electron chi connectivity index (χ2n) is 7.72. The molecule has 0 N–H and O–H groups in total. The lowest BCUT2D eigenvalue weighted by Gasteiger charge is -2.43. The molecule has 5 heteroatoms. The van der Waals surface area contributed by atoms with Crippen LogP contribution in [-0.2, 0) is 4.79 Å². The molecule has 1 amide bonds. The lowest BCUT2D eigenvalue weighted by molar-refractivity contribution is -0.126. The fraction of sp³-hybridized carbons (Fsp3) is 0.250. The van der Waals surface area contributed by atoms with Crippen molar-refractivity contribution < 1.29 is 4.79 Å². The van der Waals surface area contributed by atoms with Gasteiger partial charge in [-0.2, -0.15) is 0 Å². The zero-order chi connectivity index (χ0) is 23.8. The molecule has 4 rings (SSSR count). The molecule has 3 aromatic rings. The number of rotatable bonds is 4. The Labute approximate surface area is 207 Å². The van der Waals surface area contributed by atoms with Crippen LogP contribution in [0, 0.1) is 6.92 Å². The minimum absolute atomic E-state index is 0.0234. The van der Waals surface area contributed by atoms with Crippen molar-refractivity contribution in [2.45, 2.75) is 26.8 Å². The van der Waals surface area contributed by atoms with Crippen molar-refractivity contribution in [2.75, 3.05) is 24.5 Å². The summed E-state index contributed by atoms with van der Waals surface area (Å²) in [6.45, 7) is 8.06. The van der Waals surface area contributed by atoms with Gasteiger partial charge in [-0.25, -0.2) is 0 Å². The quantitative estimate of drug-likeness (QED) is 0.362. The maximum Gasteiger partial charge on any atom is 0.246 e. The minimum Gasteiger partial charge on any atom is -0.361 e. The van der Waals surface area contributed by atoms with Crippen LogP contribution >= 0.6 is 23.2 Å². The van der Waals surface area contributed by atoms with Crippen molar-refractivity contribution in [3.63, 3.8) is 0 Å². The van der Waals surface area contributed by atoms with Gasteiger partial charge in [0.25, 0.3) is 0 Å². The first-order valence-electron chi connectivity index (χ1n) is 11.3. The molecule has 33 heavy (non-hydrogen) atoms. The van der Waals surface area contributed by atoms with Gasteiger partial charge < -0.3 is 9.80 Å². The van der Waals surface area contributed by atoms with E-state index in [-0.39, 0.29) is 11.9 Å². The lowest BCUT2D eigenvalue weighted by Crippen LogP contribution is -2.50. The van der Waals surface area contributed by atoms with Crippen LogP contribution in [0.25, 0.3) is 6.08 Å². The summed E-state index contributed by atoms with van der Waals surface area (Å²) in [6, 6.07) is 23.8. The van der Waals surface area contributed by atoms with Crippen LogP contribution in [-0.4, -0.2) is 30.4 Å². The summed E-state index contributed by atoms with van der Waals surface area (Å²) in [5.74, 6) is 0.0234. The zero-order valence-corrected chi connectivity index (χ0v) is 20.9. The summed E-state index contributed by atoms with van der Waals surface area (Å²) in [5.41, 5.74) is 4.40. The summed E-state index contributed by atoms with van der Waals surface area (Å²) in [7, 11) is 0. The number of carbonyl (C=O) groups is 1. The van der Waals surface area contributed by atoms with E-state index in [0.717, 1.165) is 33.9 Å². The molecule has 0 aliphatic carbocycles. The average molecular weight is 481 g/mol. The largest absolute Gasteiger partial charge is 0.361 e. The number of aryl methyl sites for hydroxylation is 1. The number of piperazine rings is 1. The van der Waals surface area contributed by atoms with Crippen molar-refractivity contribution in [3.8, 4) is 0 Å². The van der Waals surface area contributed by atoms with Crippen LogP contribution < -0.4 is 4.90 Å². The molecule has 0 radical (unpaired) electrons. The van der Waals surface area contributed by atoms with Gasteiger partial charge in [0.05, 0.1) is 6.04 Å². The topological polar surface area (TPSA) is 23.6 Å². The molecule has 1 atom stereocenters. The standard InChI is InChI=1S/C26H24Cl2N2O.C2H6/c1-19-17-23(28)12-13-24(19)30-16-15-29(18-25(30)21-8-10-22(27)11-9-21)26(31)14-7-20-5-3-2-4-6-20;1-2/h2-14,17,25H,15-16,18H2,1H3;1-2H3/b14-7+;. The van der Waals surface area contributed by atoms with Crippen molar-refractivity contribution in [3.05, 3.63) is 106 Å². The molecular weight excluding hydrogens is 451 g/mol. The summed E-state index contributed by atoms with van der Waals surface area (Å²) < 4.78 is 0. The molecule has 0 saturated carbocycles. The van der Waals surface area contributed by atoms with Gasteiger partial charge in [-0.3, -0.25) is 4.79 Å². The number of amides is 1. The Hall–Kier alpha value is -2.75.